The van der Waals surface area contributed by atoms with Crippen LogP contribution >= 0.6 is 0 Å². The number of hydrogen-bond donors (Lipinski definition) is 1. The highest BCUT2D eigenvalue weighted by molar-refractivity contribution is 7.89. The van der Waals surface area contributed by atoms with E-state index in [9.17, 15) is 18.0 Å². The van der Waals surface area contributed by atoms with Crippen molar-refractivity contribution in [3.05, 3.63) is 105 Å². The van der Waals surface area contributed by atoms with Gasteiger partial charge in [-0.15, -0.1) is 0 Å². The highest BCUT2D eigenvalue weighted by Gasteiger charge is 2.25. The second-order valence-electron chi connectivity index (χ2n) is 8.80. The van der Waals surface area contributed by atoms with Crippen LogP contribution in [0.25, 0.3) is 11.0 Å². The lowest BCUT2D eigenvalue weighted by molar-refractivity contribution is -0.135. The third kappa shape index (κ3) is 5.24. The van der Waals surface area contributed by atoms with E-state index < -0.39 is 27.7 Å². The molecule has 4 aromatic rings. The van der Waals surface area contributed by atoms with Gasteiger partial charge in [0.1, 0.15) is 17.4 Å². The summed E-state index contributed by atoms with van der Waals surface area (Å²) >= 11 is 0. The van der Waals surface area contributed by atoms with Gasteiger partial charge in [-0.3, -0.25) is 0 Å². The largest absolute Gasteiger partial charge is 0.425 e. The van der Waals surface area contributed by atoms with Crippen LogP contribution in [0.1, 0.15) is 34.7 Å². The Labute approximate surface area is 209 Å². The first-order valence-corrected chi connectivity index (χ1v) is 13.0. The molecule has 0 bridgehead atoms. The second-order valence-corrected chi connectivity index (χ2v) is 10.5. The molecular formula is C28H27NO6S. The number of hydrogen-bond acceptors (Lipinski definition) is 6. The fourth-order valence-electron chi connectivity index (χ4n) is 3.95. The average Bonchev–Trinajstić information content (AvgIpc) is 2.84. The van der Waals surface area contributed by atoms with Crippen LogP contribution < -0.4 is 15.1 Å². The van der Waals surface area contributed by atoms with Crippen LogP contribution in [0.3, 0.4) is 0 Å². The lowest BCUT2D eigenvalue weighted by atomic mass is 9.98. The van der Waals surface area contributed by atoms with E-state index in [1.165, 1.54) is 19.1 Å². The molecule has 0 amide bonds. The second kappa shape index (κ2) is 10.1. The molecule has 0 spiro atoms. The number of carbonyl (C=O) groups excluding carboxylic acids is 1. The summed E-state index contributed by atoms with van der Waals surface area (Å²) in [7, 11) is -3.91. The molecule has 36 heavy (non-hydrogen) atoms. The Morgan fingerprint density at radius 2 is 1.61 bits per heavy atom. The quantitative estimate of drug-likeness (QED) is 0.224. The van der Waals surface area contributed by atoms with Gasteiger partial charge >= 0.3 is 11.6 Å². The smallest absolute Gasteiger partial charge is 0.340 e. The Hall–Kier alpha value is -3.75. The highest BCUT2D eigenvalue weighted by Crippen LogP contribution is 2.30. The molecule has 186 valence electrons. The molecular weight excluding hydrogens is 478 g/mol. The summed E-state index contributed by atoms with van der Waals surface area (Å²) in [6.45, 7) is 6.81. The van der Waals surface area contributed by atoms with Crippen LogP contribution in [0.2, 0.25) is 0 Å². The van der Waals surface area contributed by atoms with E-state index in [1.807, 2.05) is 44.2 Å². The van der Waals surface area contributed by atoms with E-state index in [4.69, 9.17) is 9.15 Å². The van der Waals surface area contributed by atoms with Gasteiger partial charge in [-0.2, -0.15) is 4.72 Å². The molecule has 7 nitrogen and oxygen atoms in total. The van der Waals surface area contributed by atoms with Crippen molar-refractivity contribution in [2.24, 2.45) is 0 Å². The highest BCUT2D eigenvalue weighted by atomic mass is 32.2. The summed E-state index contributed by atoms with van der Waals surface area (Å²) in [5.74, 6) is -0.597. The van der Waals surface area contributed by atoms with Gasteiger partial charge in [0.15, 0.2) is 0 Å². The maximum Gasteiger partial charge on any atom is 0.340 e. The minimum Gasteiger partial charge on any atom is -0.425 e. The zero-order valence-corrected chi connectivity index (χ0v) is 21.3. The van der Waals surface area contributed by atoms with Gasteiger partial charge in [0.25, 0.3) is 0 Å². The van der Waals surface area contributed by atoms with Gasteiger partial charge in [-0.1, -0.05) is 48.0 Å². The predicted octanol–water partition coefficient (Wildman–Crippen LogP) is 4.58. The number of aryl methyl sites for hydroxylation is 3. The van der Waals surface area contributed by atoms with E-state index >= 15 is 0 Å². The van der Waals surface area contributed by atoms with Gasteiger partial charge in [-0.25, -0.2) is 18.0 Å². The van der Waals surface area contributed by atoms with Crippen LogP contribution in [-0.4, -0.2) is 20.4 Å². The molecule has 4 rings (SSSR count). The summed E-state index contributed by atoms with van der Waals surface area (Å²) < 4.78 is 38.7. The number of esters is 1. The number of fused-ring (bicyclic) bond motifs is 1. The first-order valence-electron chi connectivity index (χ1n) is 11.5. The Morgan fingerprint density at radius 1 is 0.944 bits per heavy atom. The summed E-state index contributed by atoms with van der Waals surface area (Å²) in [5.41, 5.74) is 3.63. The van der Waals surface area contributed by atoms with Crippen molar-refractivity contribution in [1.29, 1.82) is 0 Å². The van der Waals surface area contributed by atoms with Crippen molar-refractivity contribution in [2.75, 3.05) is 0 Å². The number of carbonyl (C=O) groups is 1. The molecule has 1 unspecified atom stereocenters. The molecule has 0 radical (unpaired) electrons. The first kappa shape index (κ1) is 25.3. The van der Waals surface area contributed by atoms with Crippen LogP contribution in [0.4, 0.5) is 0 Å². The standard InChI is InChI=1S/C28H27NO6S/c1-17-10-12-22(13-11-17)36(32,33)29-20(4)27(30)34-25-15-14-23-18(2)24(16-21-8-6-5-7-9-21)28(31)35-26(23)19(25)3/h5-15,20,29H,16H2,1-4H3. The number of rotatable bonds is 7. The van der Waals surface area contributed by atoms with Crippen molar-refractivity contribution < 1.29 is 22.4 Å². The zero-order valence-electron chi connectivity index (χ0n) is 20.5. The molecule has 0 aliphatic rings. The third-order valence-electron chi connectivity index (χ3n) is 6.11. The van der Waals surface area contributed by atoms with Crippen molar-refractivity contribution in [2.45, 2.75) is 45.1 Å². The minimum absolute atomic E-state index is 0.0539. The lowest BCUT2D eigenvalue weighted by Crippen LogP contribution is -2.40. The summed E-state index contributed by atoms with van der Waals surface area (Å²) in [6.07, 6.45) is 0.444. The topological polar surface area (TPSA) is 103 Å². The van der Waals surface area contributed by atoms with E-state index in [-0.39, 0.29) is 10.6 Å². The Balaban J connectivity index is 1.57. The van der Waals surface area contributed by atoms with E-state index in [1.54, 1.807) is 31.2 Å². The normalized spacial score (nSPS) is 12.4. The molecule has 3 aromatic carbocycles. The zero-order chi connectivity index (χ0) is 26.0. The molecule has 0 fully saturated rings. The molecule has 1 atom stereocenters. The number of nitrogens with one attached hydrogen (secondary N) is 1. The Bertz CT molecular complexity index is 1590. The maximum absolute atomic E-state index is 12.8. The van der Waals surface area contributed by atoms with Crippen LogP contribution in [0.15, 0.2) is 80.8 Å². The fourth-order valence-corrected chi connectivity index (χ4v) is 5.14. The molecule has 1 heterocycles. The third-order valence-corrected chi connectivity index (χ3v) is 7.66. The Kier molecular flexibility index (Phi) is 7.10. The number of ether oxygens (including phenoxy) is 1. The van der Waals surface area contributed by atoms with Gasteiger partial charge < -0.3 is 9.15 Å². The molecule has 0 aliphatic heterocycles. The molecule has 0 saturated carbocycles. The lowest BCUT2D eigenvalue weighted by Gasteiger charge is -2.16. The van der Waals surface area contributed by atoms with Gasteiger partial charge in [0.05, 0.1) is 4.90 Å². The SMILES string of the molecule is Cc1ccc(S(=O)(=O)NC(C)C(=O)Oc2ccc3c(C)c(Cc4ccccc4)c(=O)oc3c2C)cc1. The van der Waals surface area contributed by atoms with E-state index in [0.717, 1.165) is 22.1 Å². The van der Waals surface area contributed by atoms with Crippen molar-refractivity contribution >= 4 is 27.0 Å². The molecule has 1 aromatic heterocycles. The van der Waals surface area contributed by atoms with Crippen LogP contribution in [-0.2, 0) is 21.2 Å². The minimum atomic E-state index is -3.91. The number of sulfonamides is 1. The predicted molar refractivity (Wildman–Crippen MR) is 138 cm³/mol. The van der Waals surface area contributed by atoms with Crippen LogP contribution in [0, 0.1) is 20.8 Å². The van der Waals surface area contributed by atoms with Crippen molar-refractivity contribution in [1.82, 2.24) is 4.72 Å². The van der Waals surface area contributed by atoms with E-state index in [2.05, 4.69) is 4.72 Å². The maximum atomic E-state index is 12.8. The molecule has 1 N–H and O–H groups in total. The fraction of sp³-hybridized carbons (Fsp3) is 0.214. The summed E-state index contributed by atoms with van der Waals surface area (Å²) in [5, 5.41) is 0.742. The molecule has 8 heteroatoms. The van der Waals surface area contributed by atoms with E-state index in [0.29, 0.717) is 23.1 Å². The van der Waals surface area contributed by atoms with Gasteiger partial charge in [-0.05, 0) is 63.1 Å². The van der Waals surface area contributed by atoms with Gasteiger partial charge in [0.2, 0.25) is 10.0 Å². The Morgan fingerprint density at radius 3 is 2.28 bits per heavy atom. The van der Waals surface area contributed by atoms with Crippen molar-refractivity contribution in [3.8, 4) is 5.75 Å². The summed E-state index contributed by atoms with van der Waals surface area (Å²) in [4.78, 5) is 25.6. The van der Waals surface area contributed by atoms with Crippen molar-refractivity contribution in [3.63, 3.8) is 0 Å². The summed E-state index contributed by atoms with van der Waals surface area (Å²) in [6, 6.07) is 18.2. The molecule has 0 saturated heterocycles. The first-order chi connectivity index (χ1) is 17.1. The monoisotopic (exact) mass is 505 g/mol. The molecule has 0 aliphatic carbocycles. The number of benzene rings is 3. The van der Waals surface area contributed by atoms with Gasteiger partial charge in [0, 0.05) is 22.9 Å². The van der Waals surface area contributed by atoms with Crippen LogP contribution in [0.5, 0.6) is 5.75 Å². The average molecular weight is 506 g/mol.